The van der Waals surface area contributed by atoms with Gasteiger partial charge >= 0.3 is 0 Å². The molecule has 0 aliphatic heterocycles. The van der Waals surface area contributed by atoms with Crippen LogP contribution < -0.4 is 5.32 Å². The second kappa shape index (κ2) is 5.40. The minimum Gasteiger partial charge on any atom is -0.364 e. The second-order valence-corrected chi connectivity index (χ2v) is 3.25. The molecule has 0 radical (unpaired) electrons. The van der Waals surface area contributed by atoms with Gasteiger partial charge in [0.1, 0.15) is 0 Å². The molecule has 1 unspecified atom stereocenters. The number of pyridine rings is 1. The Labute approximate surface area is 91.9 Å². The molecule has 86 valence electrons. The highest BCUT2D eigenvalue weighted by Crippen LogP contribution is 2.16. The van der Waals surface area contributed by atoms with Crippen LogP contribution in [0.2, 0.25) is 0 Å². The summed E-state index contributed by atoms with van der Waals surface area (Å²) in [5.41, 5.74) is 0. The minimum absolute atomic E-state index is 0.211. The molecule has 0 saturated heterocycles. The molecule has 1 heterocycles. The summed E-state index contributed by atoms with van der Waals surface area (Å²) in [6.45, 7) is 1.84. The van der Waals surface area contributed by atoms with Crippen molar-refractivity contribution in [1.82, 2.24) is 4.98 Å². The molecule has 0 bridgehead atoms. The van der Waals surface area contributed by atoms with Crippen LogP contribution >= 0.6 is 0 Å². The second-order valence-electron chi connectivity index (χ2n) is 3.25. The highest BCUT2D eigenvalue weighted by molar-refractivity contribution is 5.37. The summed E-state index contributed by atoms with van der Waals surface area (Å²) < 4.78 is 38.5. The third-order valence-corrected chi connectivity index (χ3v) is 2.08. The third-order valence-electron chi connectivity index (χ3n) is 2.08. The molecular formula is C11H11F3N2. The van der Waals surface area contributed by atoms with E-state index >= 15 is 0 Å². The number of aromatic nitrogens is 1. The van der Waals surface area contributed by atoms with Gasteiger partial charge in [0.05, 0.1) is 0 Å². The van der Waals surface area contributed by atoms with Crippen LogP contribution in [-0.4, -0.2) is 11.0 Å². The van der Waals surface area contributed by atoms with Gasteiger partial charge in [-0.1, -0.05) is 6.92 Å². The smallest absolute Gasteiger partial charge is 0.251 e. The zero-order chi connectivity index (χ0) is 12.1. The van der Waals surface area contributed by atoms with Gasteiger partial charge in [-0.05, 0) is 6.42 Å². The van der Waals surface area contributed by atoms with Crippen molar-refractivity contribution in [1.29, 1.82) is 0 Å². The molecule has 1 rings (SSSR count). The van der Waals surface area contributed by atoms with E-state index in [2.05, 4.69) is 16.2 Å². The largest absolute Gasteiger partial charge is 0.364 e. The lowest BCUT2D eigenvalue weighted by molar-refractivity contribution is 0.465. The highest BCUT2D eigenvalue weighted by atomic mass is 19.2. The van der Waals surface area contributed by atoms with E-state index in [0.717, 1.165) is 0 Å². The van der Waals surface area contributed by atoms with Crippen LogP contribution in [0.15, 0.2) is 6.07 Å². The van der Waals surface area contributed by atoms with E-state index in [1.54, 1.807) is 0 Å². The van der Waals surface area contributed by atoms with Crippen LogP contribution in [0.3, 0.4) is 0 Å². The van der Waals surface area contributed by atoms with Gasteiger partial charge in [-0.2, -0.15) is 9.37 Å². The average molecular weight is 228 g/mol. The van der Waals surface area contributed by atoms with Crippen molar-refractivity contribution in [3.8, 4) is 12.3 Å². The van der Waals surface area contributed by atoms with Crippen molar-refractivity contribution >= 4 is 5.82 Å². The predicted molar refractivity (Wildman–Crippen MR) is 55.3 cm³/mol. The van der Waals surface area contributed by atoms with Crippen LogP contribution in [0.5, 0.6) is 0 Å². The van der Waals surface area contributed by atoms with Gasteiger partial charge in [-0.15, -0.1) is 12.3 Å². The van der Waals surface area contributed by atoms with Crippen molar-refractivity contribution in [2.24, 2.45) is 0 Å². The lowest BCUT2D eigenvalue weighted by Crippen LogP contribution is -2.20. The van der Waals surface area contributed by atoms with E-state index in [1.807, 2.05) is 6.92 Å². The van der Waals surface area contributed by atoms with E-state index in [9.17, 15) is 13.2 Å². The van der Waals surface area contributed by atoms with Gasteiger partial charge in [-0.3, -0.25) is 0 Å². The first-order valence-electron chi connectivity index (χ1n) is 4.80. The lowest BCUT2D eigenvalue weighted by Gasteiger charge is -2.15. The fraction of sp³-hybridized carbons (Fsp3) is 0.364. The standard InChI is InChI=1S/C11H11F3N2/c1-3-5-7(4-2)15-11-9(13)6-8(12)10(14)16-11/h1,6-7H,4-5H2,2H3,(H,15,16). The molecule has 1 atom stereocenters. The van der Waals surface area contributed by atoms with E-state index in [-0.39, 0.29) is 11.9 Å². The van der Waals surface area contributed by atoms with Gasteiger partial charge in [0.2, 0.25) is 0 Å². The van der Waals surface area contributed by atoms with Crippen LogP contribution in [0.1, 0.15) is 19.8 Å². The lowest BCUT2D eigenvalue weighted by atomic mass is 10.1. The fourth-order valence-electron chi connectivity index (χ4n) is 1.18. The number of rotatable bonds is 4. The Balaban J connectivity index is 2.88. The quantitative estimate of drug-likeness (QED) is 0.633. The maximum atomic E-state index is 13.2. The summed E-state index contributed by atoms with van der Waals surface area (Å²) in [5.74, 6) is -1.50. The number of hydrogen-bond donors (Lipinski definition) is 1. The Kier molecular flexibility index (Phi) is 4.18. The number of hydrogen-bond acceptors (Lipinski definition) is 2. The van der Waals surface area contributed by atoms with Crippen molar-refractivity contribution in [3.63, 3.8) is 0 Å². The topological polar surface area (TPSA) is 24.9 Å². The fourth-order valence-corrected chi connectivity index (χ4v) is 1.18. The van der Waals surface area contributed by atoms with Gasteiger partial charge in [0.15, 0.2) is 17.5 Å². The van der Waals surface area contributed by atoms with Gasteiger partial charge < -0.3 is 5.32 Å². The molecule has 0 saturated carbocycles. The first-order chi connectivity index (χ1) is 7.58. The van der Waals surface area contributed by atoms with E-state index in [1.165, 1.54) is 0 Å². The number of anilines is 1. The number of nitrogens with one attached hydrogen (secondary N) is 1. The minimum atomic E-state index is -1.33. The summed E-state index contributed by atoms with van der Waals surface area (Å²) in [5, 5.41) is 2.63. The molecule has 0 fully saturated rings. The summed E-state index contributed by atoms with van der Waals surface area (Å²) in [7, 11) is 0. The molecule has 1 aromatic rings. The predicted octanol–water partition coefficient (Wildman–Crippen LogP) is 2.71. The van der Waals surface area contributed by atoms with Crippen LogP contribution in [0.25, 0.3) is 0 Å². The zero-order valence-corrected chi connectivity index (χ0v) is 8.73. The zero-order valence-electron chi connectivity index (χ0n) is 8.73. The normalized spacial score (nSPS) is 11.9. The Morgan fingerprint density at radius 2 is 2.12 bits per heavy atom. The molecule has 1 aromatic heterocycles. The molecule has 2 nitrogen and oxygen atoms in total. The van der Waals surface area contributed by atoms with Gasteiger partial charge in [0, 0.05) is 18.5 Å². The first kappa shape index (κ1) is 12.4. The summed E-state index contributed by atoms with van der Waals surface area (Å²) in [4.78, 5) is 3.15. The summed E-state index contributed by atoms with van der Waals surface area (Å²) >= 11 is 0. The molecule has 5 heteroatoms. The number of halogens is 3. The van der Waals surface area contributed by atoms with Crippen molar-refractivity contribution < 1.29 is 13.2 Å². The Hall–Kier alpha value is -1.70. The number of nitrogens with zero attached hydrogens (tertiary/aromatic N) is 1. The Morgan fingerprint density at radius 1 is 1.44 bits per heavy atom. The summed E-state index contributed by atoms with van der Waals surface area (Å²) in [6, 6.07) is 0.240. The van der Waals surface area contributed by atoms with Crippen LogP contribution in [0, 0.1) is 29.9 Å². The third kappa shape index (κ3) is 2.89. The van der Waals surface area contributed by atoms with Crippen LogP contribution in [-0.2, 0) is 0 Å². The molecule has 0 aromatic carbocycles. The molecule has 0 spiro atoms. The maximum absolute atomic E-state index is 13.2. The van der Waals surface area contributed by atoms with Crippen molar-refractivity contribution in [2.45, 2.75) is 25.8 Å². The molecule has 16 heavy (non-hydrogen) atoms. The van der Waals surface area contributed by atoms with E-state index in [4.69, 9.17) is 6.42 Å². The highest BCUT2D eigenvalue weighted by Gasteiger charge is 2.14. The molecule has 1 N–H and O–H groups in total. The molecular weight excluding hydrogens is 217 g/mol. The van der Waals surface area contributed by atoms with Gasteiger partial charge in [0.25, 0.3) is 5.95 Å². The number of terminal acetylenes is 1. The monoisotopic (exact) mass is 228 g/mol. The van der Waals surface area contributed by atoms with Crippen molar-refractivity contribution in [2.75, 3.05) is 5.32 Å². The molecule has 0 aliphatic rings. The van der Waals surface area contributed by atoms with E-state index in [0.29, 0.717) is 18.9 Å². The molecule has 0 aliphatic carbocycles. The van der Waals surface area contributed by atoms with Crippen molar-refractivity contribution in [3.05, 3.63) is 23.6 Å². The first-order valence-corrected chi connectivity index (χ1v) is 4.80. The van der Waals surface area contributed by atoms with Crippen LogP contribution in [0.4, 0.5) is 19.0 Å². The Morgan fingerprint density at radius 3 is 2.69 bits per heavy atom. The SMILES string of the molecule is C#CCC(CC)Nc1nc(F)c(F)cc1F. The average Bonchev–Trinajstić information content (AvgIpc) is 2.25. The van der Waals surface area contributed by atoms with Gasteiger partial charge in [-0.25, -0.2) is 8.78 Å². The summed E-state index contributed by atoms with van der Waals surface area (Å²) in [6.07, 6.45) is 6.10. The maximum Gasteiger partial charge on any atom is 0.251 e. The molecule has 0 amide bonds. The van der Waals surface area contributed by atoms with E-state index < -0.39 is 17.6 Å². The Bertz CT molecular complexity index is 412.